The minimum atomic E-state index is -4.47. The van der Waals surface area contributed by atoms with Gasteiger partial charge in [-0.25, -0.2) is 4.57 Å². The van der Waals surface area contributed by atoms with Crippen LogP contribution in [0.4, 0.5) is 0 Å². The van der Waals surface area contributed by atoms with Gasteiger partial charge in [0.2, 0.25) is 0 Å². The van der Waals surface area contributed by atoms with E-state index in [1.165, 1.54) is 12.2 Å². The highest BCUT2D eigenvalue weighted by Gasteiger charge is 2.13. The van der Waals surface area contributed by atoms with Crippen molar-refractivity contribution in [1.29, 1.82) is 0 Å². The van der Waals surface area contributed by atoms with E-state index >= 15 is 0 Å². The van der Waals surface area contributed by atoms with Crippen LogP contribution in [0, 0.1) is 0 Å². The molecule has 0 spiro atoms. The second-order valence-electron chi connectivity index (χ2n) is 2.45. The Hall–Kier alpha value is -0.520. The molecule has 0 atom stereocenters. The molecule has 0 heterocycles. The van der Waals surface area contributed by atoms with Crippen LogP contribution >= 0.6 is 7.82 Å². The van der Waals surface area contributed by atoms with E-state index in [1.54, 1.807) is 0 Å². The molecule has 0 amide bonds. The van der Waals surface area contributed by atoms with Crippen molar-refractivity contribution in [3.63, 3.8) is 0 Å². The third-order valence-electron chi connectivity index (χ3n) is 1.21. The zero-order valence-corrected chi connectivity index (χ0v) is 8.39. The molecular formula is C7H13O6P. The zero-order chi connectivity index (χ0) is 11.0. The lowest BCUT2D eigenvalue weighted by Gasteiger charge is -2.02. The molecule has 0 radical (unpaired) electrons. The summed E-state index contributed by atoms with van der Waals surface area (Å²) in [5.74, 6) is -0.299. The van der Waals surface area contributed by atoms with Gasteiger partial charge in [-0.05, 0) is 12.5 Å². The molecule has 3 N–H and O–H groups in total. The average molecular weight is 224 g/mol. The van der Waals surface area contributed by atoms with Gasteiger partial charge in [-0.1, -0.05) is 6.08 Å². The SMILES string of the molecule is O=C(C=CCCO)CCOP(=O)(O)O. The van der Waals surface area contributed by atoms with Crippen LogP contribution in [0.2, 0.25) is 0 Å². The van der Waals surface area contributed by atoms with Gasteiger partial charge in [0, 0.05) is 13.0 Å². The van der Waals surface area contributed by atoms with Gasteiger partial charge < -0.3 is 14.9 Å². The van der Waals surface area contributed by atoms with E-state index < -0.39 is 7.82 Å². The Labute approximate surface area is 81.4 Å². The number of aliphatic hydroxyl groups excluding tert-OH is 1. The molecule has 0 saturated heterocycles. The molecule has 6 nitrogen and oxygen atoms in total. The minimum Gasteiger partial charge on any atom is -0.396 e. The maximum atomic E-state index is 10.9. The Balaban J connectivity index is 3.60. The van der Waals surface area contributed by atoms with Crippen molar-refractivity contribution in [2.45, 2.75) is 12.8 Å². The van der Waals surface area contributed by atoms with Crippen molar-refractivity contribution >= 4 is 13.6 Å². The highest BCUT2D eigenvalue weighted by molar-refractivity contribution is 7.46. The predicted molar refractivity (Wildman–Crippen MR) is 48.5 cm³/mol. The monoisotopic (exact) mass is 224 g/mol. The van der Waals surface area contributed by atoms with E-state index in [1.807, 2.05) is 0 Å². The summed E-state index contributed by atoms with van der Waals surface area (Å²) in [7, 11) is -4.47. The Kier molecular flexibility index (Phi) is 6.61. The van der Waals surface area contributed by atoms with E-state index in [9.17, 15) is 9.36 Å². The Morgan fingerprint density at radius 1 is 1.43 bits per heavy atom. The molecule has 0 aromatic rings. The number of aliphatic hydroxyl groups is 1. The summed E-state index contributed by atoms with van der Waals surface area (Å²) in [5.41, 5.74) is 0. The van der Waals surface area contributed by atoms with Crippen LogP contribution in [0.3, 0.4) is 0 Å². The molecule has 0 aromatic heterocycles. The molecule has 0 unspecified atom stereocenters. The number of ketones is 1. The van der Waals surface area contributed by atoms with Crippen LogP contribution in [-0.2, 0) is 13.9 Å². The van der Waals surface area contributed by atoms with Gasteiger partial charge in [-0.15, -0.1) is 0 Å². The van der Waals surface area contributed by atoms with Crippen LogP contribution in [-0.4, -0.2) is 33.9 Å². The van der Waals surface area contributed by atoms with Crippen molar-refractivity contribution in [3.05, 3.63) is 12.2 Å². The predicted octanol–water partition coefficient (Wildman–Crippen LogP) is -0.00650. The number of phosphoric ester groups is 1. The maximum Gasteiger partial charge on any atom is 0.469 e. The minimum absolute atomic E-state index is 0.0389. The van der Waals surface area contributed by atoms with Crippen LogP contribution in [0.1, 0.15) is 12.8 Å². The maximum absolute atomic E-state index is 10.9. The topological polar surface area (TPSA) is 104 Å². The normalized spacial score (nSPS) is 12.2. The first-order valence-corrected chi connectivity index (χ1v) is 5.49. The summed E-state index contributed by atoms with van der Waals surface area (Å²) >= 11 is 0. The van der Waals surface area contributed by atoms with Crippen molar-refractivity contribution in [1.82, 2.24) is 0 Å². The number of hydrogen-bond donors (Lipinski definition) is 3. The van der Waals surface area contributed by atoms with Crippen LogP contribution < -0.4 is 0 Å². The summed E-state index contributed by atoms with van der Waals surface area (Å²) in [4.78, 5) is 27.4. The molecule has 0 bridgehead atoms. The smallest absolute Gasteiger partial charge is 0.396 e. The standard InChI is InChI=1S/C7H13O6P/c8-5-2-1-3-7(9)4-6-13-14(10,11)12/h1,3,8H,2,4-6H2,(H2,10,11,12). The number of carbonyl (C=O) groups is 1. The molecule has 14 heavy (non-hydrogen) atoms. The number of hydrogen-bond acceptors (Lipinski definition) is 4. The third kappa shape index (κ3) is 9.57. The first kappa shape index (κ1) is 13.5. The molecule has 0 fully saturated rings. The number of carbonyl (C=O) groups excluding carboxylic acids is 1. The Morgan fingerprint density at radius 2 is 2.07 bits per heavy atom. The number of phosphoric acid groups is 1. The van der Waals surface area contributed by atoms with Gasteiger partial charge in [0.1, 0.15) is 0 Å². The lowest BCUT2D eigenvalue weighted by Crippen LogP contribution is -2.00. The fourth-order valence-corrected chi connectivity index (χ4v) is 0.967. The van der Waals surface area contributed by atoms with E-state index in [-0.39, 0.29) is 25.4 Å². The number of rotatable bonds is 7. The Morgan fingerprint density at radius 3 is 2.57 bits per heavy atom. The van der Waals surface area contributed by atoms with Crippen LogP contribution in [0.5, 0.6) is 0 Å². The average Bonchev–Trinajstić information content (AvgIpc) is 2.02. The Bertz CT molecular complexity index is 243. The van der Waals surface area contributed by atoms with Crippen molar-refractivity contribution < 1.29 is 28.8 Å². The molecule has 0 aromatic carbocycles. The van der Waals surface area contributed by atoms with E-state index in [0.29, 0.717) is 6.42 Å². The molecule has 0 aliphatic rings. The third-order valence-corrected chi connectivity index (χ3v) is 1.73. The van der Waals surface area contributed by atoms with Crippen molar-refractivity contribution in [2.24, 2.45) is 0 Å². The summed E-state index contributed by atoms with van der Waals surface area (Å²) in [6.07, 6.45) is 3.02. The van der Waals surface area contributed by atoms with Gasteiger partial charge in [-0.3, -0.25) is 9.32 Å². The summed E-state index contributed by atoms with van der Waals surface area (Å²) in [6.45, 7) is -0.352. The van der Waals surface area contributed by atoms with Crippen molar-refractivity contribution in [3.8, 4) is 0 Å². The highest BCUT2D eigenvalue weighted by atomic mass is 31.2. The van der Waals surface area contributed by atoms with Crippen LogP contribution in [0.15, 0.2) is 12.2 Å². The summed E-state index contributed by atoms with van der Waals surface area (Å²) in [5, 5.41) is 8.37. The van der Waals surface area contributed by atoms with Gasteiger partial charge in [-0.2, -0.15) is 0 Å². The van der Waals surface area contributed by atoms with Gasteiger partial charge in [0.15, 0.2) is 5.78 Å². The lowest BCUT2D eigenvalue weighted by molar-refractivity contribution is -0.115. The molecule has 0 rings (SSSR count). The van der Waals surface area contributed by atoms with Gasteiger partial charge in [0.05, 0.1) is 6.61 Å². The second kappa shape index (κ2) is 6.86. The fraction of sp³-hybridized carbons (Fsp3) is 0.571. The van der Waals surface area contributed by atoms with Gasteiger partial charge in [0.25, 0.3) is 0 Å². The van der Waals surface area contributed by atoms with Gasteiger partial charge >= 0.3 is 7.82 Å². The first-order chi connectivity index (χ1) is 6.45. The quantitative estimate of drug-likeness (QED) is 0.415. The first-order valence-electron chi connectivity index (χ1n) is 3.96. The van der Waals surface area contributed by atoms with E-state index in [0.717, 1.165) is 0 Å². The summed E-state index contributed by atoms with van der Waals surface area (Å²) < 4.78 is 14.3. The fourth-order valence-electron chi connectivity index (χ4n) is 0.638. The van der Waals surface area contributed by atoms with E-state index in [2.05, 4.69) is 4.52 Å². The van der Waals surface area contributed by atoms with Crippen molar-refractivity contribution in [2.75, 3.05) is 13.2 Å². The largest absolute Gasteiger partial charge is 0.469 e. The molecule has 0 aliphatic carbocycles. The molecule has 7 heteroatoms. The highest BCUT2D eigenvalue weighted by Crippen LogP contribution is 2.35. The van der Waals surface area contributed by atoms with E-state index in [4.69, 9.17) is 14.9 Å². The molecular weight excluding hydrogens is 211 g/mol. The molecule has 0 aliphatic heterocycles. The number of allylic oxidation sites excluding steroid dienone is 1. The molecule has 82 valence electrons. The van der Waals surface area contributed by atoms with Crippen LogP contribution in [0.25, 0.3) is 0 Å². The zero-order valence-electron chi connectivity index (χ0n) is 7.50. The molecule has 0 saturated carbocycles. The summed E-state index contributed by atoms with van der Waals surface area (Å²) in [6, 6.07) is 0. The second-order valence-corrected chi connectivity index (χ2v) is 3.69. The lowest BCUT2D eigenvalue weighted by atomic mass is 10.2.